The van der Waals surface area contributed by atoms with Gasteiger partial charge in [-0.05, 0) is 17.9 Å². The number of hydrogen-bond donors (Lipinski definition) is 1. The summed E-state index contributed by atoms with van der Waals surface area (Å²) in [5.41, 5.74) is 3.05. The van der Waals surface area contributed by atoms with E-state index in [9.17, 15) is 0 Å². The Hall–Kier alpha value is -2.73. The van der Waals surface area contributed by atoms with E-state index in [1.165, 1.54) is 5.56 Å². The van der Waals surface area contributed by atoms with Gasteiger partial charge in [-0.25, -0.2) is 9.97 Å². The van der Waals surface area contributed by atoms with Crippen LogP contribution < -0.4 is 5.32 Å². The van der Waals surface area contributed by atoms with E-state index in [0.29, 0.717) is 6.54 Å². The normalized spacial score (nSPS) is 11.0. The van der Waals surface area contributed by atoms with Gasteiger partial charge >= 0.3 is 0 Å². The Kier molecular flexibility index (Phi) is 3.51. The highest BCUT2D eigenvalue weighted by Crippen LogP contribution is 2.28. The van der Waals surface area contributed by atoms with E-state index in [1.807, 2.05) is 36.4 Å². The smallest absolute Gasteiger partial charge is 0.156 e. The standard InChI is InChI=1S/C17H14N4OS/c1-11-9-23-17-15(11)16(19-10-20-17)18-8-13-7-14(21-22-13)12-5-3-2-4-6-12/h2-7,9-10H,8H2,1H3,(H,18,19,20). The van der Waals surface area contributed by atoms with Gasteiger partial charge in [0.05, 0.1) is 11.9 Å². The molecule has 0 aliphatic carbocycles. The summed E-state index contributed by atoms with van der Waals surface area (Å²) >= 11 is 1.62. The van der Waals surface area contributed by atoms with Crippen molar-refractivity contribution in [2.24, 2.45) is 0 Å². The lowest BCUT2D eigenvalue weighted by molar-refractivity contribution is 0.390. The molecule has 0 bridgehead atoms. The van der Waals surface area contributed by atoms with Crippen molar-refractivity contribution in [1.82, 2.24) is 15.1 Å². The van der Waals surface area contributed by atoms with Gasteiger partial charge in [0.2, 0.25) is 0 Å². The molecule has 3 heterocycles. The van der Waals surface area contributed by atoms with Crippen molar-refractivity contribution in [3.05, 3.63) is 59.4 Å². The van der Waals surface area contributed by atoms with E-state index >= 15 is 0 Å². The number of thiophene rings is 1. The molecule has 114 valence electrons. The predicted molar refractivity (Wildman–Crippen MR) is 91.4 cm³/mol. The second-order valence-electron chi connectivity index (χ2n) is 5.22. The average Bonchev–Trinajstić information content (AvgIpc) is 3.21. The molecule has 0 radical (unpaired) electrons. The summed E-state index contributed by atoms with van der Waals surface area (Å²) in [6, 6.07) is 11.9. The van der Waals surface area contributed by atoms with Gasteiger partial charge in [-0.1, -0.05) is 35.5 Å². The number of hydrogen-bond acceptors (Lipinski definition) is 6. The van der Waals surface area contributed by atoms with Crippen molar-refractivity contribution < 1.29 is 4.52 Å². The molecule has 5 nitrogen and oxygen atoms in total. The Morgan fingerprint density at radius 1 is 1.17 bits per heavy atom. The summed E-state index contributed by atoms with van der Waals surface area (Å²) < 4.78 is 5.41. The van der Waals surface area contributed by atoms with Crippen LogP contribution in [-0.4, -0.2) is 15.1 Å². The van der Waals surface area contributed by atoms with Crippen LogP contribution in [0.1, 0.15) is 11.3 Å². The molecule has 0 unspecified atom stereocenters. The van der Waals surface area contributed by atoms with E-state index in [-0.39, 0.29) is 0 Å². The van der Waals surface area contributed by atoms with Crippen molar-refractivity contribution in [2.45, 2.75) is 13.5 Å². The Morgan fingerprint density at radius 3 is 2.91 bits per heavy atom. The van der Waals surface area contributed by atoms with Gasteiger partial charge in [0.25, 0.3) is 0 Å². The fourth-order valence-electron chi connectivity index (χ4n) is 2.46. The van der Waals surface area contributed by atoms with Crippen molar-refractivity contribution in [3.8, 4) is 11.3 Å². The second-order valence-corrected chi connectivity index (χ2v) is 6.08. The molecule has 0 aliphatic rings. The zero-order valence-electron chi connectivity index (χ0n) is 12.5. The van der Waals surface area contributed by atoms with Crippen LogP contribution >= 0.6 is 11.3 Å². The Bertz CT molecular complexity index is 946. The third kappa shape index (κ3) is 2.68. The number of fused-ring (bicyclic) bond motifs is 1. The van der Waals surface area contributed by atoms with Crippen molar-refractivity contribution in [2.75, 3.05) is 5.32 Å². The first-order valence-corrected chi connectivity index (χ1v) is 8.13. The van der Waals surface area contributed by atoms with Gasteiger partial charge in [-0.3, -0.25) is 0 Å². The first-order valence-electron chi connectivity index (χ1n) is 7.25. The largest absolute Gasteiger partial charge is 0.362 e. The van der Waals surface area contributed by atoms with E-state index in [2.05, 4.69) is 32.7 Å². The molecule has 0 fully saturated rings. The minimum atomic E-state index is 0.529. The van der Waals surface area contributed by atoms with Crippen LogP contribution in [0.25, 0.3) is 21.5 Å². The van der Waals surface area contributed by atoms with Crippen LogP contribution in [0.4, 0.5) is 5.82 Å². The molecule has 0 saturated heterocycles. The number of nitrogens with one attached hydrogen (secondary N) is 1. The molecule has 3 aromatic heterocycles. The first-order chi connectivity index (χ1) is 11.3. The molecule has 0 atom stereocenters. The minimum Gasteiger partial charge on any atom is -0.362 e. The van der Waals surface area contributed by atoms with Gasteiger partial charge in [0.1, 0.15) is 22.7 Å². The predicted octanol–water partition coefficient (Wildman–Crippen LogP) is 4.27. The van der Waals surface area contributed by atoms with Gasteiger partial charge in [-0.15, -0.1) is 11.3 Å². The Labute approximate surface area is 137 Å². The van der Waals surface area contributed by atoms with Crippen molar-refractivity contribution >= 4 is 27.4 Å². The topological polar surface area (TPSA) is 63.8 Å². The fraction of sp³-hybridized carbons (Fsp3) is 0.118. The van der Waals surface area contributed by atoms with Gasteiger partial charge < -0.3 is 9.84 Å². The molecule has 4 rings (SSSR count). The maximum Gasteiger partial charge on any atom is 0.156 e. The highest BCUT2D eigenvalue weighted by molar-refractivity contribution is 7.17. The number of rotatable bonds is 4. The Balaban J connectivity index is 1.55. The van der Waals surface area contributed by atoms with Crippen LogP contribution in [0, 0.1) is 6.92 Å². The van der Waals surface area contributed by atoms with Gasteiger partial charge in [0.15, 0.2) is 5.76 Å². The summed E-state index contributed by atoms with van der Waals surface area (Å²) in [6.45, 7) is 2.59. The molecule has 6 heteroatoms. The fourth-order valence-corrected chi connectivity index (χ4v) is 3.35. The zero-order chi connectivity index (χ0) is 15.6. The summed E-state index contributed by atoms with van der Waals surface area (Å²) in [7, 11) is 0. The van der Waals surface area contributed by atoms with E-state index in [0.717, 1.165) is 33.1 Å². The van der Waals surface area contributed by atoms with Crippen LogP contribution in [0.15, 0.2) is 52.6 Å². The molecule has 0 aliphatic heterocycles. The summed E-state index contributed by atoms with van der Waals surface area (Å²) in [6.07, 6.45) is 1.58. The Morgan fingerprint density at radius 2 is 2.04 bits per heavy atom. The lowest BCUT2D eigenvalue weighted by Crippen LogP contribution is -2.01. The van der Waals surface area contributed by atoms with Gasteiger partial charge in [-0.2, -0.15) is 0 Å². The van der Waals surface area contributed by atoms with Crippen LogP contribution in [-0.2, 0) is 6.54 Å². The van der Waals surface area contributed by atoms with Crippen LogP contribution in [0.2, 0.25) is 0 Å². The molecule has 0 amide bonds. The quantitative estimate of drug-likeness (QED) is 0.608. The van der Waals surface area contributed by atoms with E-state index in [1.54, 1.807) is 17.7 Å². The molecule has 4 aromatic rings. The molecule has 1 aromatic carbocycles. The zero-order valence-corrected chi connectivity index (χ0v) is 13.3. The first kappa shape index (κ1) is 13.9. The molecule has 23 heavy (non-hydrogen) atoms. The molecule has 0 saturated carbocycles. The third-order valence-corrected chi connectivity index (χ3v) is 4.62. The minimum absolute atomic E-state index is 0.529. The highest BCUT2D eigenvalue weighted by Gasteiger charge is 2.10. The lowest BCUT2D eigenvalue weighted by Gasteiger charge is -2.04. The number of aryl methyl sites for hydroxylation is 1. The number of anilines is 1. The van der Waals surface area contributed by atoms with E-state index < -0.39 is 0 Å². The summed E-state index contributed by atoms with van der Waals surface area (Å²) in [5, 5.41) is 10.6. The van der Waals surface area contributed by atoms with E-state index in [4.69, 9.17) is 4.52 Å². The van der Waals surface area contributed by atoms with Crippen molar-refractivity contribution in [3.63, 3.8) is 0 Å². The summed E-state index contributed by atoms with van der Waals surface area (Å²) in [5.74, 6) is 1.59. The maximum absolute atomic E-state index is 5.41. The molecule has 0 spiro atoms. The van der Waals surface area contributed by atoms with Gasteiger partial charge in [0, 0.05) is 11.6 Å². The SMILES string of the molecule is Cc1csc2ncnc(NCc3cc(-c4ccccc4)no3)c12. The van der Waals surface area contributed by atoms with Crippen LogP contribution in [0.3, 0.4) is 0 Å². The number of aromatic nitrogens is 3. The third-order valence-electron chi connectivity index (χ3n) is 3.61. The molecule has 1 N–H and O–H groups in total. The monoisotopic (exact) mass is 322 g/mol. The maximum atomic E-state index is 5.41. The number of nitrogens with zero attached hydrogens (tertiary/aromatic N) is 3. The second kappa shape index (κ2) is 5.81. The highest BCUT2D eigenvalue weighted by atomic mass is 32.1. The molecular weight excluding hydrogens is 308 g/mol. The summed E-state index contributed by atoms with van der Waals surface area (Å²) in [4.78, 5) is 9.62. The van der Waals surface area contributed by atoms with Crippen LogP contribution in [0.5, 0.6) is 0 Å². The molecular formula is C17H14N4OS. The lowest BCUT2D eigenvalue weighted by atomic mass is 10.1. The van der Waals surface area contributed by atoms with Crippen molar-refractivity contribution in [1.29, 1.82) is 0 Å². The number of benzene rings is 1. The average molecular weight is 322 g/mol.